The summed E-state index contributed by atoms with van der Waals surface area (Å²) in [5, 5.41) is 13.3. The molecule has 13 heteroatoms. The number of terminal acetylenes is 1. The van der Waals surface area contributed by atoms with Crippen LogP contribution in [-0.2, 0) is 25.6 Å². The number of piperidine rings is 2. The van der Waals surface area contributed by atoms with Gasteiger partial charge in [-0.2, -0.15) is 11.0 Å². The molecule has 0 saturated carbocycles. The molecule has 0 bridgehead atoms. The van der Waals surface area contributed by atoms with Crippen molar-refractivity contribution in [2.45, 2.75) is 38.1 Å². The minimum atomic E-state index is -0.390. The minimum Gasteiger partial charge on any atom is -1.00 e. The molecular weight excluding hydrogens is 591 g/mol. The Bertz CT molecular complexity index is 878. The molecule has 1 aromatic rings. The number of carbonyl (C=O) groups excluding carboxylic acids is 2. The SMILES string of the molecule is C#CC1CC[N+](C)(C)CC1.COC(=O)C[NH+]=NN.COC(=O)Cn1cc(C2CC[N+](C)(C)CC2)nn1.[I-]. The van der Waals surface area contributed by atoms with Crippen LogP contribution >= 0.6 is 0 Å². The Kier molecular flexibility index (Phi) is 16.2. The quantitative estimate of drug-likeness (QED) is 0.0642. The molecule has 12 nitrogen and oxygen atoms in total. The fourth-order valence-corrected chi connectivity index (χ4v) is 3.95. The second-order valence-electron chi connectivity index (χ2n) is 10.4. The zero-order valence-electron chi connectivity index (χ0n) is 23.2. The number of rotatable bonds is 5. The number of hydrogen-bond acceptors (Lipinski definition) is 7. The first-order chi connectivity index (χ1) is 16.9. The molecule has 2 saturated heterocycles. The third kappa shape index (κ3) is 14.3. The minimum absolute atomic E-state index is 0. The molecule has 37 heavy (non-hydrogen) atoms. The Morgan fingerprint density at radius 3 is 2.05 bits per heavy atom. The average molecular weight is 637 g/mol. The number of esters is 2. The van der Waals surface area contributed by atoms with E-state index in [1.54, 1.807) is 4.68 Å². The van der Waals surface area contributed by atoms with Crippen LogP contribution in [0, 0.1) is 18.3 Å². The summed E-state index contributed by atoms with van der Waals surface area (Å²) in [7, 11) is 11.7. The second kappa shape index (κ2) is 17.2. The lowest BCUT2D eigenvalue weighted by Gasteiger charge is -2.36. The molecule has 1 aromatic heterocycles. The molecule has 2 aliphatic rings. The van der Waals surface area contributed by atoms with Gasteiger partial charge in [0.2, 0.25) is 6.54 Å². The van der Waals surface area contributed by atoms with Gasteiger partial charge in [0.15, 0.2) is 0 Å². The number of carbonyl (C=O) groups is 2. The normalized spacial score (nSPS) is 18.6. The van der Waals surface area contributed by atoms with Gasteiger partial charge >= 0.3 is 11.9 Å². The summed E-state index contributed by atoms with van der Waals surface area (Å²) in [6.45, 7) is 4.97. The van der Waals surface area contributed by atoms with Gasteiger partial charge in [0.1, 0.15) is 6.54 Å². The van der Waals surface area contributed by atoms with Gasteiger partial charge in [0, 0.05) is 43.7 Å². The molecule has 0 spiro atoms. The molecule has 3 N–H and O–H groups in total. The van der Waals surface area contributed by atoms with Gasteiger partial charge in [-0.05, 0) is 0 Å². The van der Waals surface area contributed by atoms with Crippen molar-refractivity contribution >= 4 is 11.9 Å². The molecule has 0 aliphatic carbocycles. The highest BCUT2D eigenvalue weighted by Gasteiger charge is 2.28. The van der Waals surface area contributed by atoms with Crippen molar-refractivity contribution in [2.24, 2.45) is 17.0 Å². The Balaban J connectivity index is 0.000000580. The van der Waals surface area contributed by atoms with Gasteiger partial charge in [0.25, 0.3) is 0 Å². The molecule has 210 valence electrons. The number of likely N-dealkylation sites (tertiary alicyclic amines) is 2. The van der Waals surface area contributed by atoms with Crippen molar-refractivity contribution in [1.82, 2.24) is 15.0 Å². The number of nitrogens with zero attached hydrogens (tertiary/aromatic N) is 6. The number of nitrogens with one attached hydrogen (secondary N) is 1. The van der Waals surface area contributed by atoms with Crippen molar-refractivity contribution < 1.29 is 57.1 Å². The Hall–Kier alpha value is -2.31. The van der Waals surface area contributed by atoms with Crippen LogP contribution in [0.25, 0.3) is 0 Å². The average Bonchev–Trinajstić information content (AvgIpc) is 3.31. The standard InChI is InChI=1S/C12H21N4O2.C9H16N.C3H7N3O2.HI/c1-16(2)6-4-10(5-7-16)11-8-15(14-13-11)9-12(17)18-3;1-4-9-5-7-10(2,3)8-6-9;1-8-3(7)2-5-6-4;/h8,10H,4-7,9H2,1-3H3;1,9H,5-8H2,2-3H3;2H2,1H3,(H2,4,5);1H/q2*+1;;. The third-order valence-corrected chi connectivity index (χ3v) is 6.60. The summed E-state index contributed by atoms with van der Waals surface area (Å²) in [6, 6.07) is 0. The first-order valence-electron chi connectivity index (χ1n) is 12.2. The lowest BCUT2D eigenvalue weighted by molar-refractivity contribution is -0.895. The van der Waals surface area contributed by atoms with Crippen molar-refractivity contribution in [2.75, 3.05) is 75.1 Å². The van der Waals surface area contributed by atoms with E-state index in [2.05, 4.69) is 70.1 Å². The zero-order chi connectivity index (χ0) is 27.2. The highest BCUT2D eigenvalue weighted by atomic mass is 127. The second-order valence-corrected chi connectivity index (χ2v) is 10.4. The van der Waals surface area contributed by atoms with Crippen LogP contribution in [0.4, 0.5) is 0 Å². The van der Waals surface area contributed by atoms with E-state index >= 15 is 0 Å². The monoisotopic (exact) mass is 636 g/mol. The molecule has 3 heterocycles. The fourth-order valence-electron chi connectivity index (χ4n) is 3.95. The first kappa shape index (κ1) is 34.7. The zero-order valence-corrected chi connectivity index (χ0v) is 25.3. The predicted octanol–water partition coefficient (Wildman–Crippen LogP) is -3.92. The summed E-state index contributed by atoms with van der Waals surface area (Å²) in [5.41, 5.74) is 0.999. The molecular formula is C24H45IN8O4+2. The van der Waals surface area contributed by atoms with E-state index in [-0.39, 0.29) is 49.0 Å². The van der Waals surface area contributed by atoms with E-state index in [1.807, 2.05) is 6.20 Å². The van der Waals surface area contributed by atoms with Crippen molar-refractivity contribution in [3.05, 3.63) is 11.9 Å². The largest absolute Gasteiger partial charge is 1.00 e. The van der Waals surface area contributed by atoms with E-state index in [0.29, 0.717) is 11.8 Å². The third-order valence-electron chi connectivity index (χ3n) is 6.60. The van der Waals surface area contributed by atoms with Gasteiger partial charge in [-0.3, -0.25) is 4.79 Å². The molecule has 2 fully saturated rings. The highest BCUT2D eigenvalue weighted by Crippen LogP contribution is 2.28. The van der Waals surface area contributed by atoms with Crippen LogP contribution in [-0.4, -0.2) is 111 Å². The van der Waals surface area contributed by atoms with Crippen LogP contribution in [0.3, 0.4) is 0 Å². The number of aromatic nitrogens is 3. The molecule has 0 unspecified atom stereocenters. The van der Waals surface area contributed by atoms with Crippen molar-refractivity contribution in [1.29, 1.82) is 0 Å². The number of ether oxygens (including phenoxy) is 2. The van der Waals surface area contributed by atoms with Crippen LogP contribution in [0.15, 0.2) is 11.4 Å². The fraction of sp³-hybridized carbons (Fsp3) is 0.750. The summed E-state index contributed by atoms with van der Waals surface area (Å²) < 4.78 is 12.6. The maximum absolute atomic E-state index is 11.1. The van der Waals surface area contributed by atoms with Gasteiger partial charge in [-0.25, -0.2) is 9.48 Å². The Morgan fingerprint density at radius 2 is 1.59 bits per heavy atom. The lowest BCUT2D eigenvalue weighted by atomic mass is 9.93. The molecule has 0 radical (unpaired) electrons. The van der Waals surface area contributed by atoms with Crippen LogP contribution in [0.1, 0.15) is 37.3 Å². The maximum Gasteiger partial charge on any atom is 0.349 e. The number of methoxy groups -OCH3 is 2. The van der Waals surface area contributed by atoms with Crippen molar-refractivity contribution in [3.8, 4) is 12.3 Å². The molecule has 0 amide bonds. The summed E-state index contributed by atoms with van der Waals surface area (Å²) in [6.07, 6.45) is 11.9. The molecule has 3 rings (SSSR count). The lowest BCUT2D eigenvalue weighted by Crippen LogP contribution is -3.00. The van der Waals surface area contributed by atoms with Gasteiger partial charge < -0.3 is 42.4 Å². The summed E-state index contributed by atoms with van der Waals surface area (Å²) >= 11 is 0. The maximum atomic E-state index is 11.1. The van der Waals surface area contributed by atoms with Crippen molar-refractivity contribution in [3.63, 3.8) is 0 Å². The molecule has 0 atom stereocenters. The number of hydrogen-bond donors (Lipinski definition) is 2. The topological polar surface area (TPSA) is 136 Å². The number of nitrogens with two attached hydrogens (primary N) is 1. The van der Waals surface area contributed by atoms with E-state index in [0.717, 1.165) is 40.6 Å². The number of halogens is 1. The Labute approximate surface area is 238 Å². The Morgan fingerprint density at radius 1 is 1.08 bits per heavy atom. The van der Waals surface area contributed by atoms with Gasteiger partial charge in [-0.15, -0.1) is 17.4 Å². The number of quaternary nitrogens is 2. The van der Waals surface area contributed by atoms with Gasteiger partial charge in [-0.1, -0.05) is 5.21 Å². The van der Waals surface area contributed by atoms with Crippen LogP contribution in [0.5, 0.6) is 0 Å². The van der Waals surface area contributed by atoms with E-state index in [4.69, 9.17) is 6.42 Å². The first-order valence-corrected chi connectivity index (χ1v) is 12.2. The molecule has 0 aromatic carbocycles. The smallest absolute Gasteiger partial charge is 0.349 e. The summed E-state index contributed by atoms with van der Waals surface area (Å²) in [4.78, 5) is 21.3. The highest BCUT2D eigenvalue weighted by molar-refractivity contribution is 5.69. The van der Waals surface area contributed by atoms with E-state index < -0.39 is 0 Å². The molecule has 2 aliphatic heterocycles. The van der Waals surface area contributed by atoms with Crippen LogP contribution < -0.4 is 34.9 Å². The summed E-state index contributed by atoms with van der Waals surface area (Å²) in [5.74, 6) is 7.82. The predicted molar refractivity (Wildman–Crippen MR) is 134 cm³/mol. The van der Waals surface area contributed by atoms with Gasteiger partial charge in [0.05, 0.1) is 79.5 Å². The van der Waals surface area contributed by atoms with Crippen LogP contribution in [0.2, 0.25) is 0 Å². The van der Waals surface area contributed by atoms with E-state index in [1.165, 1.54) is 40.2 Å². The van der Waals surface area contributed by atoms with E-state index in [9.17, 15) is 9.59 Å².